The van der Waals surface area contributed by atoms with Crippen LogP contribution in [-0.2, 0) is 14.3 Å². The van der Waals surface area contributed by atoms with Crippen molar-refractivity contribution in [2.75, 3.05) is 62.0 Å². The monoisotopic (exact) mass is 441 g/mol. The zero-order valence-corrected chi connectivity index (χ0v) is 18.0. The number of morpholine rings is 1. The van der Waals surface area contributed by atoms with Gasteiger partial charge in [0.2, 0.25) is 11.8 Å². The Hall–Kier alpha value is -3.66. The first-order valence-corrected chi connectivity index (χ1v) is 10.4. The standard InChI is InChI=1S/C22H27N5O5/c1-25(22(29)10-11-23-19-4-2-3-5-20(19)27(30)31)16-21(28)24-17-6-8-18(9-7-17)26-12-14-32-15-13-26/h2-9,23H,10-16H2,1H3,(H,24,28). The molecule has 1 fully saturated rings. The molecule has 0 unspecified atom stereocenters. The van der Waals surface area contributed by atoms with Crippen molar-refractivity contribution in [3.63, 3.8) is 0 Å². The Balaban J connectivity index is 1.42. The number of ether oxygens (including phenoxy) is 1. The lowest BCUT2D eigenvalue weighted by atomic mass is 10.2. The summed E-state index contributed by atoms with van der Waals surface area (Å²) in [6.45, 7) is 3.22. The topological polar surface area (TPSA) is 117 Å². The van der Waals surface area contributed by atoms with Crippen LogP contribution < -0.4 is 15.5 Å². The van der Waals surface area contributed by atoms with E-state index in [0.29, 0.717) is 24.6 Å². The van der Waals surface area contributed by atoms with Crippen LogP contribution in [-0.4, -0.2) is 68.1 Å². The van der Waals surface area contributed by atoms with E-state index in [-0.39, 0.29) is 37.0 Å². The number of nitrogens with zero attached hydrogens (tertiary/aromatic N) is 3. The molecule has 2 aromatic carbocycles. The molecule has 1 saturated heterocycles. The Bertz CT molecular complexity index is 944. The highest BCUT2D eigenvalue weighted by atomic mass is 16.6. The Morgan fingerprint density at radius 3 is 2.50 bits per heavy atom. The number of nitrogens with one attached hydrogen (secondary N) is 2. The molecule has 2 N–H and O–H groups in total. The molecule has 0 bridgehead atoms. The smallest absolute Gasteiger partial charge is 0.292 e. The van der Waals surface area contributed by atoms with Gasteiger partial charge in [0.15, 0.2) is 0 Å². The van der Waals surface area contributed by atoms with Gasteiger partial charge in [-0.2, -0.15) is 0 Å². The van der Waals surface area contributed by atoms with Crippen LogP contribution in [0.3, 0.4) is 0 Å². The van der Waals surface area contributed by atoms with Gasteiger partial charge in [0, 0.05) is 50.5 Å². The summed E-state index contributed by atoms with van der Waals surface area (Å²) in [5.74, 6) is -0.541. The molecule has 3 rings (SSSR count). The largest absolute Gasteiger partial charge is 0.379 e. The van der Waals surface area contributed by atoms with Crippen molar-refractivity contribution in [2.45, 2.75) is 6.42 Å². The van der Waals surface area contributed by atoms with Gasteiger partial charge in [-0.05, 0) is 30.3 Å². The van der Waals surface area contributed by atoms with Gasteiger partial charge in [-0.25, -0.2) is 0 Å². The Morgan fingerprint density at radius 1 is 1.12 bits per heavy atom. The minimum absolute atomic E-state index is 0.0488. The minimum Gasteiger partial charge on any atom is -0.379 e. The fourth-order valence-corrected chi connectivity index (χ4v) is 3.36. The summed E-state index contributed by atoms with van der Waals surface area (Å²) in [5.41, 5.74) is 2.04. The van der Waals surface area contributed by atoms with Gasteiger partial charge in [0.1, 0.15) is 5.69 Å². The van der Waals surface area contributed by atoms with Crippen molar-refractivity contribution in [3.8, 4) is 0 Å². The zero-order valence-electron chi connectivity index (χ0n) is 18.0. The number of carbonyl (C=O) groups excluding carboxylic acids is 2. The maximum absolute atomic E-state index is 12.3. The molecule has 10 heteroatoms. The second kappa shape index (κ2) is 11.1. The van der Waals surface area contributed by atoms with Crippen LogP contribution in [0.2, 0.25) is 0 Å². The molecule has 2 aromatic rings. The molecule has 170 valence electrons. The number of benzene rings is 2. The van der Waals surface area contributed by atoms with Crippen LogP contribution in [0.1, 0.15) is 6.42 Å². The second-order valence-corrected chi connectivity index (χ2v) is 7.40. The van der Waals surface area contributed by atoms with Crippen LogP contribution in [0.25, 0.3) is 0 Å². The van der Waals surface area contributed by atoms with Crippen molar-refractivity contribution in [3.05, 3.63) is 58.6 Å². The molecule has 1 heterocycles. The van der Waals surface area contributed by atoms with Gasteiger partial charge < -0.3 is 25.2 Å². The van der Waals surface area contributed by atoms with Crippen molar-refractivity contribution >= 4 is 34.6 Å². The second-order valence-electron chi connectivity index (χ2n) is 7.40. The molecule has 0 aliphatic carbocycles. The molecule has 0 spiro atoms. The highest BCUT2D eigenvalue weighted by molar-refractivity contribution is 5.94. The van der Waals surface area contributed by atoms with Gasteiger partial charge >= 0.3 is 0 Å². The summed E-state index contributed by atoms with van der Waals surface area (Å²) >= 11 is 0. The molecular weight excluding hydrogens is 414 g/mol. The Labute approximate surface area is 186 Å². The summed E-state index contributed by atoms with van der Waals surface area (Å²) in [5, 5.41) is 16.7. The number of hydrogen-bond acceptors (Lipinski definition) is 7. The van der Waals surface area contributed by atoms with E-state index in [1.807, 2.05) is 24.3 Å². The van der Waals surface area contributed by atoms with Crippen molar-refractivity contribution in [1.29, 1.82) is 0 Å². The lowest BCUT2D eigenvalue weighted by Crippen LogP contribution is -2.36. The van der Waals surface area contributed by atoms with E-state index in [2.05, 4.69) is 15.5 Å². The molecular formula is C22H27N5O5. The van der Waals surface area contributed by atoms with Crippen LogP contribution in [0.5, 0.6) is 0 Å². The van der Waals surface area contributed by atoms with E-state index in [9.17, 15) is 19.7 Å². The third-order valence-electron chi connectivity index (χ3n) is 5.09. The average Bonchev–Trinajstić information content (AvgIpc) is 2.80. The normalized spacial score (nSPS) is 13.3. The van der Waals surface area contributed by atoms with Crippen LogP contribution in [0.4, 0.5) is 22.7 Å². The SMILES string of the molecule is CN(CC(=O)Nc1ccc(N2CCOCC2)cc1)C(=O)CCNc1ccccc1[N+](=O)[O-]. The predicted molar refractivity (Wildman–Crippen MR) is 122 cm³/mol. The van der Waals surface area contributed by atoms with E-state index < -0.39 is 4.92 Å². The molecule has 0 radical (unpaired) electrons. The third kappa shape index (κ3) is 6.42. The predicted octanol–water partition coefficient (Wildman–Crippen LogP) is 2.33. The highest BCUT2D eigenvalue weighted by Crippen LogP contribution is 2.23. The summed E-state index contributed by atoms with van der Waals surface area (Å²) in [7, 11) is 1.55. The number of hydrogen-bond donors (Lipinski definition) is 2. The van der Waals surface area contributed by atoms with E-state index in [1.54, 1.807) is 25.2 Å². The first-order valence-electron chi connectivity index (χ1n) is 10.4. The van der Waals surface area contributed by atoms with Crippen LogP contribution >= 0.6 is 0 Å². The number of amides is 2. The molecule has 0 atom stereocenters. The van der Waals surface area contributed by atoms with Gasteiger partial charge in [0.05, 0.1) is 24.7 Å². The summed E-state index contributed by atoms with van der Waals surface area (Å²) in [6.07, 6.45) is 0.101. The van der Waals surface area contributed by atoms with Crippen molar-refractivity contribution in [1.82, 2.24) is 4.90 Å². The number of para-hydroxylation sites is 2. The lowest BCUT2D eigenvalue weighted by molar-refractivity contribution is -0.384. The number of nitro benzene ring substituents is 1. The number of rotatable bonds is 9. The maximum atomic E-state index is 12.3. The molecule has 10 nitrogen and oxygen atoms in total. The number of anilines is 3. The highest BCUT2D eigenvalue weighted by Gasteiger charge is 2.16. The lowest BCUT2D eigenvalue weighted by Gasteiger charge is -2.28. The van der Waals surface area contributed by atoms with Gasteiger partial charge in [-0.15, -0.1) is 0 Å². The first-order chi connectivity index (χ1) is 15.4. The summed E-state index contributed by atoms with van der Waals surface area (Å²) in [4.78, 5) is 38.7. The third-order valence-corrected chi connectivity index (χ3v) is 5.09. The molecule has 0 saturated carbocycles. The molecule has 0 aromatic heterocycles. The quantitative estimate of drug-likeness (QED) is 0.453. The fourth-order valence-electron chi connectivity index (χ4n) is 3.36. The minimum atomic E-state index is -0.478. The van der Waals surface area contributed by atoms with Crippen LogP contribution in [0, 0.1) is 10.1 Å². The van der Waals surface area contributed by atoms with Crippen LogP contribution in [0.15, 0.2) is 48.5 Å². The molecule has 2 amide bonds. The number of likely N-dealkylation sites (N-methyl/N-ethyl adjacent to an activating group) is 1. The Morgan fingerprint density at radius 2 is 1.81 bits per heavy atom. The van der Waals surface area contributed by atoms with Crippen molar-refractivity contribution < 1.29 is 19.2 Å². The summed E-state index contributed by atoms with van der Waals surface area (Å²) in [6, 6.07) is 13.8. The average molecular weight is 441 g/mol. The summed E-state index contributed by atoms with van der Waals surface area (Å²) < 4.78 is 5.35. The molecule has 1 aliphatic rings. The Kier molecular flexibility index (Phi) is 7.98. The molecule has 32 heavy (non-hydrogen) atoms. The first kappa shape index (κ1) is 23.0. The molecule has 1 aliphatic heterocycles. The number of carbonyl (C=O) groups is 2. The fraction of sp³-hybridized carbons (Fsp3) is 0.364. The number of nitro groups is 1. The van der Waals surface area contributed by atoms with Gasteiger partial charge in [-0.3, -0.25) is 19.7 Å². The van der Waals surface area contributed by atoms with E-state index >= 15 is 0 Å². The maximum Gasteiger partial charge on any atom is 0.292 e. The van der Waals surface area contributed by atoms with Gasteiger partial charge in [-0.1, -0.05) is 12.1 Å². The zero-order chi connectivity index (χ0) is 22.9. The van der Waals surface area contributed by atoms with Gasteiger partial charge in [0.25, 0.3) is 5.69 Å². The van der Waals surface area contributed by atoms with E-state index in [0.717, 1.165) is 18.8 Å². The van der Waals surface area contributed by atoms with Crippen molar-refractivity contribution in [2.24, 2.45) is 0 Å². The van der Waals surface area contributed by atoms with E-state index in [4.69, 9.17) is 4.74 Å². The van der Waals surface area contributed by atoms with E-state index in [1.165, 1.54) is 11.0 Å².